The second-order valence-electron chi connectivity index (χ2n) is 8.86. The summed E-state index contributed by atoms with van der Waals surface area (Å²) < 4.78 is 18.6. The van der Waals surface area contributed by atoms with E-state index in [0.717, 1.165) is 37.3 Å². The molecule has 27 heavy (non-hydrogen) atoms. The molecule has 0 amide bonds. The highest BCUT2D eigenvalue weighted by Crippen LogP contribution is 2.73. The van der Waals surface area contributed by atoms with Crippen LogP contribution in [0.4, 0.5) is 0 Å². The van der Waals surface area contributed by atoms with Crippen LogP contribution in [0.25, 0.3) is 0 Å². The zero-order valence-electron chi connectivity index (χ0n) is 16.0. The van der Waals surface area contributed by atoms with Crippen LogP contribution < -0.4 is 14.8 Å². The smallest absolute Gasteiger partial charge is 0.166 e. The topological polar surface area (TPSA) is 56.8 Å². The van der Waals surface area contributed by atoms with Gasteiger partial charge in [0.2, 0.25) is 0 Å². The molecule has 0 aromatic heterocycles. The van der Waals surface area contributed by atoms with Gasteiger partial charge in [-0.05, 0) is 44.4 Å². The Balaban J connectivity index is 1.71. The van der Waals surface area contributed by atoms with Crippen molar-refractivity contribution < 1.29 is 19.0 Å². The first-order valence-corrected chi connectivity index (χ1v) is 9.90. The summed E-state index contributed by atoms with van der Waals surface area (Å²) in [6.45, 7) is 2.66. The van der Waals surface area contributed by atoms with Crippen LogP contribution in [-0.2, 0) is 21.4 Å². The molecule has 2 fully saturated rings. The van der Waals surface area contributed by atoms with E-state index in [9.17, 15) is 4.79 Å². The van der Waals surface area contributed by atoms with Crippen molar-refractivity contribution in [1.82, 2.24) is 5.32 Å². The lowest BCUT2D eigenvalue weighted by Crippen LogP contribution is -2.79. The highest BCUT2D eigenvalue weighted by molar-refractivity contribution is 5.82. The molecular weight excluding hydrogens is 342 g/mol. The van der Waals surface area contributed by atoms with Gasteiger partial charge in [-0.15, -0.1) is 0 Å². The number of nitrogens with one attached hydrogen (secondary N) is 1. The fourth-order valence-electron chi connectivity index (χ4n) is 7.34. The summed E-state index contributed by atoms with van der Waals surface area (Å²) in [7, 11) is 3.42. The standard InChI is InChI=1S/C22H25NO4/c1-12(24)14-11-20-6-7-22(14,26-3)19-21(20)8-9-23-16(20)10-13-4-5-15(25-2)18(27-19)17(13)21/h4-7,14,16,19,23H,8-11H2,1-3H3/t14-,16+,19+,20-,21-,22+/m0/s1. The Hall–Kier alpha value is -1.85. The van der Waals surface area contributed by atoms with Gasteiger partial charge in [0.1, 0.15) is 17.5 Å². The van der Waals surface area contributed by atoms with E-state index >= 15 is 0 Å². The van der Waals surface area contributed by atoms with Crippen molar-refractivity contribution in [3.63, 3.8) is 0 Å². The molecule has 2 aliphatic heterocycles. The Kier molecular flexibility index (Phi) is 2.84. The van der Waals surface area contributed by atoms with E-state index in [1.54, 1.807) is 21.1 Å². The van der Waals surface area contributed by atoms with E-state index in [2.05, 4.69) is 23.5 Å². The predicted octanol–water partition coefficient (Wildman–Crippen LogP) is 2.16. The van der Waals surface area contributed by atoms with Crippen LogP contribution in [0.15, 0.2) is 24.3 Å². The highest BCUT2D eigenvalue weighted by atomic mass is 16.6. The molecule has 4 bridgehead atoms. The minimum atomic E-state index is -0.714. The Labute approximate surface area is 159 Å². The summed E-state index contributed by atoms with van der Waals surface area (Å²) in [6, 6.07) is 4.54. The Morgan fingerprint density at radius 1 is 1.30 bits per heavy atom. The number of piperidine rings is 1. The summed E-state index contributed by atoms with van der Waals surface area (Å²) in [5.74, 6) is 1.66. The van der Waals surface area contributed by atoms with Crippen molar-refractivity contribution in [1.29, 1.82) is 0 Å². The lowest BCUT2D eigenvalue weighted by atomic mass is 9.37. The van der Waals surface area contributed by atoms with Crippen LogP contribution in [0.1, 0.15) is 30.9 Å². The largest absolute Gasteiger partial charge is 0.493 e. The first kappa shape index (κ1) is 16.1. The van der Waals surface area contributed by atoms with Crippen molar-refractivity contribution in [2.75, 3.05) is 20.8 Å². The van der Waals surface area contributed by atoms with Crippen molar-refractivity contribution in [2.24, 2.45) is 11.3 Å². The molecular formula is C22H25NO4. The van der Waals surface area contributed by atoms with Gasteiger partial charge >= 0.3 is 0 Å². The number of hydrogen-bond acceptors (Lipinski definition) is 5. The summed E-state index contributed by atoms with van der Waals surface area (Å²) in [6.07, 6.45) is 7.08. The van der Waals surface area contributed by atoms with Crippen molar-refractivity contribution in [3.05, 3.63) is 35.4 Å². The van der Waals surface area contributed by atoms with Gasteiger partial charge in [-0.2, -0.15) is 0 Å². The fraction of sp³-hybridized carbons (Fsp3) is 0.591. The van der Waals surface area contributed by atoms with Crippen molar-refractivity contribution in [2.45, 2.75) is 49.3 Å². The van der Waals surface area contributed by atoms with Crippen LogP contribution in [-0.4, -0.2) is 44.3 Å². The van der Waals surface area contributed by atoms with E-state index in [4.69, 9.17) is 14.2 Å². The first-order valence-electron chi connectivity index (χ1n) is 9.90. The number of carbonyl (C=O) groups excluding carboxylic acids is 1. The molecule has 1 aromatic rings. The minimum absolute atomic E-state index is 0.114. The quantitative estimate of drug-likeness (QED) is 0.830. The number of rotatable bonds is 3. The SMILES string of the molecule is COc1ccc2c3c1O[C@H]1[C@@]4(OC)C=C[C@]5(C[C@H]4C(C)=O)[C@@H](C2)NCC[C@]315. The fourth-order valence-corrected chi connectivity index (χ4v) is 7.34. The molecule has 2 spiro atoms. The van der Waals surface area contributed by atoms with Gasteiger partial charge in [-0.1, -0.05) is 18.2 Å². The third-order valence-electron chi connectivity index (χ3n) is 8.33. The molecule has 0 unspecified atom stereocenters. The van der Waals surface area contributed by atoms with Gasteiger partial charge < -0.3 is 19.5 Å². The normalized spacial score (nSPS) is 44.6. The second-order valence-corrected chi connectivity index (χ2v) is 8.86. The third kappa shape index (κ3) is 1.46. The van der Waals surface area contributed by atoms with Gasteiger partial charge in [0, 0.05) is 24.1 Å². The van der Waals surface area contributed by atoms with Gasteiger partial charge in [0.25, 0.3) is 0 Å². The molecule has 0 radical (unpaired) electrons. The summed E-state index contributed by atoms with van der Waals surface area (Å²) in [4.78, 5) is 12.7. The maximum Gasteiger partial charge on any atom is 0.166 e. The number of hydrogen-bond donors (Lipinski definition) is 1. The molecule has 1 aromatic carbocycles. The summed E-state index contributed by atoms with van der Waals surface area (Å²) >= 11 is 0. The number of methoxy groups -OCH3 is 2. The molecule has 6 atom stereocenters. The van der Waals surface area contributed by atoms with Gasteiger partial charge in [0.15, 0.2) is 11.5 Å². The Morgan fingerprint density at radius 2 is 2.15 bits per heavy atom. The Morgan fingerprint density at radius 3 is 2.89 bits per heavy atom. The van der Waals surface area contributed by atoms with Crippen LogP contribution in [0, 0.1) is 11.3 Å². The molecule has 4 aliphatic carbocycles. The maximum atomic E-state index is 12.7. The average Bonchev–Trinajstić information content (AvgIpc) is 3.03. The Bertz CT molecular complexity index is 910. The molecule has 1 saturated heterocycles. The number of benzene rings is 1. The number of fused-ring (bicyclic) bond motifs is 1. The predicted molar refractivity (Wildman–Crippen MR) is 99.3 cm³/mol. The molecule has 6 aliphatic rings. The number of carbonyl (C=O) groups is 1. The number of Topliss-reactive ketones (excluding diaryl/α,β-unsaturated/α-hetero) is 1. The second kappa shape index (κ2) is 4.76. The zero-order chi connectivity index (χ0) is 18.6. The summed E-state index contributed by atoms with van der Waals surface area (Å²) in [5.41, 5.74) is 1.68. The molecule has 5 heteroatoms. The molecule has 7 rings (SSSR count). The van der Waals surface area contributed by atoms with Crippen LogP contribution >= 0.6 is 0 Å². The van der Waals surface area contributed by atoms with Crippen LogP contribution in [0.2, 0.25) is 0 Å². The van der Waals surface area contributed by atoms with E-state index in [0.29, 0.717) is 6.04 Å². The van der Waals surface area contributed by atoms with Crippen LogP contribution in [0.5, 0.6) is 11.5 Å². The van der Waals surface area contributed by atoms with E-state index < -0.39 is 5.60 Å². The lowest BCUT2D eigenvalue weighted by Gasteiger charge is -2.69. The molecule has 1 saturated carbocycles. The molecule has 5 nitrogen and oxygen atoms in total. The lowest BCUT2D eigenvalue weighted by molar-refractivity contribution is -0.200. The molecule has 2 heterocycles. The third-order valence-corrected chi connectivity index (χ3v) is 8.33. The van der Waals surface area contributed by atoms with Crippen molar-refractivity contribution in [3.8, 4) is 11.5 Å². The molecule has 142 valence electrons. The van der Waals surface area contributed by atoms with E-state index in [-0.39, 0.29) is 28.6 Å². The zero-order valence-corrected chi connectivity index (χ0v) is 16.0. The van der Waals surface area contributed by atoms with Gasteiger partial charge in [0.05, 0.1) is 18.4 Å². The monoisotopic (exact) mass is 367 g/mol. The first-order chi connectivity index (χ1) is 13.0. The average molecular weight is 367 g/mol. The summed E-state index contributed by atoms with van der Waals surface area (Å²) in [5, 5.41) is 3.77. The van der Waals surface area contributed by atoms with E-state index in [1.807, 2.05) is 6.07 Å². The molecule has 1 N–H and O–H groups in total. The highest BCUT2D eigenvalue weighted by Gasteiger charge is 2.78. The van der Waals surface area contributed by atoms with Crippen LogP contribution in [0.3, 0.4) is 0 Å². The van der Waals surface area contributed by atoms with Gasteiger partial charge in [-0.3, -0.25) is 4.79 Å². The number of ketones is 1. The van der Waals surface area contributed by atoms with Crippen molar-refractivity contribution >= 4 is 5.78 Å². The minimum Gasteiger partial charge on any atom is -0.493 e. The van der Waals surface area contributed by atoms with E-state index in [1.165, 1.54) is 11.1 Å². The maximum absolute atomic E-state index is 12.7. The number of ether oxygens (including phenoxy) is 3. The van der Waals surface area contributed by atoms with Gasteiger partial charge in [-0.25, -0.2) is 0 Å².